The highest BCUT2D eigenvalue weighted by atomic mass is 32.2. The number of phenolic OH excluding ortho intramolecular Hbond substituents is 2. The SMILES string of the molecule is CC(C)(C)c1cc(SCCCN(CCCSc2cc(C(C)(C)C)c(O)c(C(C)(C)C)c2)c2ccc(Nc3ccccc3)cc2)cc(C(C)(C)C)c1O. The Hall–Kier alpha value is -3.22. The van der Waals surface area contributed by atoms with Crippen LogP contribution in [-0.4, -0.2) is 34.8 Å². The summed E-state index contributed by atoms with van der Waals surface area (Å²) in [5.41, 5.74) is 6.91. The number of hydrogen-bond donors (Lipinski definition) is 3. The molecule has 0 saturated heterocycles. The average molecular weight is 741 g/mol. The van der Waals surface area contributed by atoms with Gasteiger partial charge in [-0.25, -0.2) is 0 Å². The lowest BCUT2D eigenvalue weighted by atomic mass is 9.79. The van der Waals surface area contributed by atoms with Crippen molar-refractivity contribution in [2.75, 3.05) is 34.8 Å². The Labute approximate surface area is 324 Å². The molecule has 0 spiro atoms. The monoisotopic (exact) mass is 740 g/mol. The first kappa shape index (κ1) is 41.5. The minimum absolute atomic E-state index is 0.139. The largest absolute Gasteiger partial charge is 0.507 e. The lowest BCUT2D eigenvalue weighted by Crippen LogP contribution is -2.26. The second-order valence-electron chi connectivity index (χ2n) is 18.2. The van der Waals surface area contributed by atoms with Gasteiger partial charge in [-0.1, -0.05) is 101 Å². The highest BCUT2D eigenvalue weighted by molar-refractivity contribution is 7.99. The first-order valence-electron chi connectivity index (χ1n) is 18.8. The molecule has 4 nitrogen and oxygen atoms in total. The van der Waals surface area contributed by atoms with Crippen molar-refractivity contribution < 1.29 is 10.2 Å². The zero-order chi connectivity index (χ0) is 38.5. The molecule has 0 atom stereocenters. The molecule has 4 rings (SSSR count). The van der Waals surface area contributed by atoms with Gasteiger partial charge >= 0.3 is 0 Å². The van der Waals surface area contributed by atoms with E-state index >= 15 is 0 Å². The lowest BCUT2D eigenvalue weighted by Gasteiger charge is -2.28. The second-order valence-corrected chi connectivity index (χ2v) is 20.5. The Morgan fingerprint density at radius 2 is 0.846 bits per heavy atom. The van der Waals surface area contributed by atoms with Crippen LogP contribution in [0, 0.1) is 0 Å². The standard InChI is InChI=1S/C46H64N2O2S2/c1-43(2,3)37-28-35(29-38(41(37)49)44(4,5)6)51-26-16-24-48(34-22-20-33(21-23-34)47-32-18-14-13-15-19-32)25-17-27-52-36-30-39(45(7,8)9)42(50)40(31-36)46(10,11)12/h13-15,18-23,28-31,47,49-50H,16-17,24-27H2,1-12H3. The van der Waals surface area contributed by atoms with Crippen LogP contribution in [0.3, 0.4) is 0 Å². The Bertz CT molecular complexity index is 1600. The Morgan fingerprint density at radius 3 is 1.19 bits per heavy atom. The fourth-order valence-electron chi connectivity index (χ4n) is 6.37. The number of benzene rings is 4. The number of thioether (sulfide) groups is 2. The van der Waals surface area contributed by atoms with Gasteiger partial charge in [-0.2, -0.15) is 0 Å². The quantitative estimate of drug-likeness (QED) is 0.0937. The van der Waals surface area contributed by atoms with E-state index in [9.17, 15) is 10.2 Å². The van der Waals surface area contributed by atoms with Gasteiger partial charge in [-0.3, -0.25) is 0 Å². The summed E-state index contributed by atoms with van der Waals surface area (Å²) in [6.07, 6.45) is 2.08. The zero-order valence-electron chi connectivity index (χ0n) is 33.9. The van der Waals surface area contributed by atoms with Gasteiger partial charge in [-0.15, -0.1) is 23.5 Å². The van der Waals surface area contributed by atoms with Crippen molar-refractivity contribution in [1.29, 1.82) is 0 Å². The third-order valence-electron chi connectivity index (χ3n) is 9.38. The van der Waals surface area contributed by atoms with E-state index in [1.165, 1.54) is 15.5 Å². The van der Waals surface area contributed by atoms with Crippen LogP contribution < -0.4 is 10.2 Å². The minimum Gasteiger partial charge on any atom is -0.507 e. The predicted molar refractivity (Wildman–Crippen MR) is 230 cm³/mol. The summed E-state index contributed by atoms with van der Waals surface area (Å²) >= 11 is 3.78. The highest BCUT2D eigenvalue weighted by Crippen LogP contribution is 2.43. The van der Waals surface area contributed by atoms with Crippen LogP contribution in [0.1, 0.15) is 118 Å². The van der Waals surface area contributed by atoms with Crippen LogP contribution in [0.5, 0.6) is 11.5 Å². The zero-order valence-corrected chi connectivity index (χ0v) is 35.5. The number of aromatic hydroxyl groups is 2. The van der Waals surface area contributed by atoms with Crippen LogP contribution in [0.4, 0.5) is 17.1 Å². The maximum Gasteiger partial charge on any atom is 0.123 e. The summed E-state index contributed by atoms with van der Waals surface area (Å²) in [5.74, 6) is 2.87. The molecule has 4 aromatic carbocycles. The molecule has 4 aromatic rings. The van der Waals surface area contributed by atoms with Crippen LogP contribution in [-0.2, 0) is 21.7 Å². The number of nitrogens with zero attached hydrogens (tertiary/aromatic N) is 1. The van der Waals surface area contributed by atoms with E-state index in [1.54, 1.807) is 0 Å². The number of phenols is 2. The lowest BCUT2D eigenvalue weighted by molar-refractivity contribution is 0.421. The van der Waals surface area contributed by atoms with E-state index in [2.05, 4.69) is 154 Å². The molecule has 6 heteroatoms. The molecular formula is C46H64N2O2S2. The fraction of sp³-hybridized carbons (Fsp3) is 0.478. The van der Waals surface area contributed by atoms with Crippen molar-refractivity contribution in [2.24, 2.45) is 0 Å². The smallest absolute Gasteiger partial charge is 0.123 e. The van der Waals surface area contributed by atoms with E-state index in [4.69, 9.17) is 0 Å². The van der Waals surface area contributed by atoms with Gasteiger partial charge in [0.05, 0.1) is 0 Å². The maximum absolute atomic E-state index is 11.2. The van der Waals surface area contributed by atoms with Crippen LogP contribution in [0.25, 0.3) is 0 Å². The third-order valence-corrected chi connectivity index (χ3v) is 11.5. The van der Waals surface area contributed by atoms with Crippen molar-refractivity contribution in [3.8, 4) is 11.5 Å². The molecule has 0 fully saturated rings. The summed E-state index contributed by atoms with van der Waals surface area (Å²) in [5, 5.41) is 25.9. The summed E-state index contributed by atoms with van der Waals surface area (Å²) < 4.78 is 0. The summed E-state index contributed by atoms with van der Waals surface area (Å²) in [7, 11) is 0. The molecule has 0 aliphatic carbocycles. The molecule has 0 aliphatic rings. The van der Waals surface area contributed by atoms with E-state index in [0.29, 0.717) is 11.5 Å². The molecule has 3 N–H and O–H groups in total. The summed E-state index contributed by atoms with van der Waals surface area (Å²) in [4.78, 5) is 4.99. The molecule has 0 bridgehead atoms. The minimum atomic E-state index is -0.139. The normalized spacial score (nSPS) is 12.6. The molecule has 0 radical (unpaired) electrons. The van der Waals surface area contributed by atoms with Crippen molar-refractivity contribution in [1.82, 2.24) is 0 Å². The van der Waals surface area contributed by atoms with E-state index in [1.807, 2.05) is 41.7 Å². The van der Waals surface area contributed by atoms with Crippen LogP contribution in [0.2, 0.25) is 0 Å². The van der Waals surface area contributed by atoms with Gasteiger partial charge in [0.1, 0.15) is 11.5 Å². The fourth-order valence-corrected chi connectivity index (χ4v) is 8.20. The average Bonchev–Trinajstić information content (AvgIpc) is 3.04. The van der Waals surface area contributed by atoms with Gasteiger partial charge in [0.25, 0.3) is 0 Å². The molecule has 0 saturated carbocycles. The number of nitrogens with one attached hydrogen (secondary N) is 1. The highest BCUT2D eigenvalue weighted by Gasteiger charge is 2.28. The summed E-state index contributed by atoms with van der Waals surface area (Å²) in [6, 6.07) is 27.9. The molecule has 282 valence electrons. The Kier molecular flexibility index (Phi) is 13.5. The first-order chi connectivity index (χ1) is 24.1. The van der Waals surface area contributed by atoms with Crippen molar-refractivity contribution in [3.05, 3.63) is 101 Å². The first-order valence-corrected chi connectivity index (χ1v) is 20.8. The molecule has 52 heavy (non-hydrogen) atoms. The van der Waals surface area contributed by atoms with Crippen LogP contribution in [0.15, 0.2) is 88.7 Å². The van der Waals surface area contributed by atoms with Crippen molar-refractivity contribution in [2.45, 2.75) is 127 Å². The molecule has 0 aliphatic heterocycles. The molecular weight excluding hydrogens is 677 g/mol. The Balaban J connectivity index is 1.48. The van der Waals surface area contributed by atoms with Gasteiger partial charge in [0.15, 0.2) is 0 Å². The third kappa shape index (κ3) is 11.4. The van der Waals surface area contributed by atoms with Gasteiger partial charge in [-0.05, 0) is 107 Å². The number of para-hydroxylation sites is 1. The Morgan fingerprint density at radius 1 is 0.500 bits per heavy atom. The van der Waals surface area contributed by atoms with E-state index in [-0.39, 0.29) is 21.7 Å². The van der Waals surface area contributed by atoms with E-state index < -0.39 is 0 Å². The van der Waals surface area contributed by atoms with Crippen molar-refractivity contribution >= 4 is 40.6 Å². The van der Waals surface area contributed by atoms with Gasteiger partial charge in [0.2, 0.25) is 0 Å². The second kappa shape index (κ2) is 16.8. The number of anilines is 3. The van der Waals surface area contributed by atoms with E-state index in [0.717, 1.165) is 71.1 Å². The molecule has 0 heterocycles. The summed E-state index contributed by atoms with van der Waals surface area (Å²) in [6.45, 7) is 28.0. The maximum atomic E-state index is 11.2. The van der Waals surface area contributed by atoms with Gasteiger partial charge < -0.3 is 20.4 Å². The topological polar surface area (TPSA) is 55.7 Å². The number of hydrogen-bond acceptors (Lipinski definition) is 6. The van der Waals surface area contributed by atoms with Gasteiger partial charge in [0, 0.05) is 62.2 Å². The molecule has 0 unspecified atom stereocenters. The van der Waals surface area contributed by atoms with Crippen LogP contribution >= 0.6 is 23.5 Å². The number of rotatable bonds is 13. The van der Waals surface area contributed by atoms with Crippen molar-refractivity contribution in [3.63, 3.8) is 0 Å². The molecule has 0 aromatic heterocycles. The molecule has 0 amide bonds. The predicted octanol–water partition coefficient (Wildman–Crippen LogP) is 13.2.